The van der Waals surface area contributed by atoms with E-state index in [9.17, 15) is 0 Å². The van der Waals surface area contributed by atoms with E-state index in [0.29, 0.717) is 23.1 Å². The summed E-state index contributed by atoms with van der Waals surface area (Å²) in [6.45, 7) is 16.1. The Hall–Kier alpha value is -4.67. The highest BCUT2D eigenvalue weighted by molar-refractivity contribution is 7.18. The van der Waals surface area contributed by atoms with Crippen LogP contribution in [0, 0.1) is 6.92 Å². The van der Waals surface area contributed by atoms with Crippen molar-refractivity contribution < 1.29 is 10.4 Å². The van der Waals surface area contributed by atoms with Crippen LogP contribution in [0.4, 0.5) is 0 Å². The first-order valence-corrected chi connectivity index (χ1v) is 18.0. The first-order valence-electron chi connectivity index (χ1n) is 17.7. The van der Waals surface area contributed by atoms with E-state index in [1.807, 2.05) is 12.1 Å². The Balaban J connectivity index is 1.53. The van der Waals surface area contributed by atoms with Crippen LogP contribution in [0.3, 0.4) is 0 Å². The van der Waals surface area contributed by atoms with Crippen LogP contribution >= 0.6 is 11.3 Å². The Labute approximate surface area is 288 Å². The van der Waals surface area contributed by atoms with E-state index in [1.54, 1.807) is 0 Å². The molecule has 0 bridgehead atoms. The van der Waals surface area contributed by atoms with Crippen molar-refractivity contribution in [3.8, 4) is 28.2 Å². The highest BCUT2D eigenvalue weighted by Crippen LogP contribution is 2.46. The number of aryl methyl sites for hydroxylation is 2. The number of imidazole rings is 1. The molecule has 48 heavy (non-hydrogen) atoms. The van der Waals surface area contributed by atoms with Crippen LogP contribution in [0.15, 0.2) is 101 Å². The number of hydrogen-bond acceptors (Lipinski definition) is 2. The molecular weight excluding hydrogens is 605 g/mol. The summed E-state index contributed by atoms with van der Waals surface area (Å²) in [6.07, 6.45) is 0. The van der Waals surface area contributed by atoms with Crippen molar-refractivity contribution in [3.63, 3.8) is 0 Å². The molecule has 0 atom stereocenters. The van der Waals surface area contributed by atoms with Gasteiger partial charge in [0.2, 0.25) is 0 Å². The molecule has 8 rings (SSSR count). The lowest BCUT2D eigenvalue weighted by molar-refractivity contribution is -0.633. The third-order valence-electron chi connectivity index (χ3n) is 10.1. The molecule has 0 fully saturated rings. The fourth-order valence-corrected chi connectivity index (χ4v) is 8.49. The van der Waals surface area contributed by atoms with E-state index < -0.39 is 0 Å². The molecule has 5 aromatic carbocycles. The minimum atomic E-state index is 0.330. The summed E-state index contributed by atoms with van der Waals surface area (Å²) in [5.74, 6) is 2.20. The van der Waals surface area contributed by atoms with Crippen molar-refractivity contribution in [1.29, 1.82) is 0 Å². The Morgan fingerprint density at radius 2 is 1.46 bits per heavy atom. The van der Waals surface area contributed by atoms with Crippen molar-refractivity contribution in [1.82, 2.24) is 4.57 Å². The summed E-state index contributed by atoms with van der Waals surface area (Å²) in [6, 6.07) is 32.8. The molecule has 0 radical (unpaired) electrons. The number of rotatable bonds is 6. The molecule has 3 heterocycles. The number of benzene rings is 5. The zero-order valence-electron chi connectivity index (χ0n) is 30.1. The van der Waals surface area contributed by atoms with Gasteiger partial charge in [-0.05, 0) is 76.6 Å². The third-order valence-corrected chi connectivity index (χ3v) is 11.0. The maximum atomic E-state index is 8.68. The van der Waals surface area contributed by atoms with Gasteiger partial charge in [0.25, 0.3) is 5.82 Å². The summed E-state index contributed by atoms with van der Waals surface area (Å²) >= 11 is 1.53. The molecule has 240 valence electrons. The van der Waals surface area contributed by atoms with Crippen LogP contribution in [0.25, 0.3) is 71.3 Å². The minimum absolute atomic E-state index is 0.330. The number of thiophene rings is 1. The van der Waals surface area contributed by atoms with E-state index in [2.05, 4.69) is 144 Å². The second-order valence-corrected chi connectivity index (χ2v) is 15.1. The van der Waals surface area contributed by atoms with Crippen molar-refractivity contribution in [2.75, 3.05) is 0 Å². The zero-order valence-corrected chi connectivity index (χ0v) is 29.9. The number of para-hydroxylation sites is 2. The molecule has 0 aliphatic rings. The number of nitrogens with zero attached hydrogens (tertiary/aromatic N) is 2. The predicted octanol–water partition coefficient (Wildman–Crippen LogP) is 12.6. The van der Waals surface area contributed by atoms with E-state index >= 15 is 0 Å². The highest BCUT2D eigenvalue weighted by atomic mass is 32.1. The number of furan rings is 1. The quantitative estimate of drug-likeness (QED) is 0.164. The van der Waals surface area contributed by atoms with Crippen LogP contribution in [0.5, 0.6) is 0 Å². The summed E-state index contributed by atoms with van der Waals surface area (Å²) in [4.78, 5) is 0. The standard InChI is InChI=1S/C44H43N2OS/c1-25(2)30-22-33(26(3)4)41(34(23-30)27(5)6)46-37-17-13-12-16-36(37)45(8)44(46)39-28(7)18-19-32-40-38(47-42(32)39)24-35(29-14-10-9-11-15-29)31-20-21-48-43(31)40/h9-27H,1-8H3/q+1/i21D. The van der Waals surface area contributed by atoms with Crippen molar-refractivity contribution in [2.24, 2.45) is 7.05 Å². The summed E-state index contributed by atoms with van der Waals surface area (Å²) in [5.41, 5.74) is 14.0. The summed E-state index contributed by atoms with van der Waals surface area (Å²) in [5, 5.41) is 3.83. The van der Waals surface area contributed by atoms with Crippen molar-refractivity contribution in [2.45, 2.75) is 66.2 Å². The van der Waals surface area contributed by atoms with Crippen LogP contribution in [-0.4, -0.2) is 4.57 Å². The molecule has 0 saturated carbocycles. The van der Waals surface area contributed by atoms with Crippen LogP contribution in [0.1, 0.15) is 82.9 Å². The van der Waals surface area contributed by atoms with Gasteiger partial charge in [0.15, 0.2) is 16.6 Å². The largest absolute Gasteiger partial charge is 0.455 e. The third kappa shape index (κ3) is 4.57. The molecule has 0 saturated heterocycles. The van der Waals surface area contributed by atoms with Gasteiger partial charge in [0, 0.05) is 32.0 Å². The molecule has 0 aliphatic heterocycles. The fraction of sp³-hybridized carbons (Fsp3) is 0.250. The first-order chi connectivity index (χ1) is 23.5. The Kier molecular flexibility index (Phi) is 7.05. The predicted molar refractivity (Wildman–Crippen MR) is 205 cm³/mol. The normalized spacial score (nSPS) is 12.6. The van der Waals surface area contributed by atoms with Gasteiger partial charge in [0.1, 0.15) is 16.8 Å². The van der Waals surface area contributed by atoms with Crippen LogP contribution < -0.4 is 4.57 Å². The van der Waals surface area contributed by atoms with E-state index in [-0.39, 0.29) is 0 Å². The van der Waals surface area contributed by atoms with E-state index in [1.165, 1.54) is 44.7 Å². The van der Waals surface area contributed by atoms with Gasteiger partial charge in [-0.2, -0.15) is 4.57 Å². The number of aromatic nitrogens is 2. The second kappa shape index (κ2) is 11.5. The summed E-state index contributed by atoms with van der Waals surface area (Å²) < 4.78 is 21.7. The summed E-state index contributed by atoms with van der Waals surface area (Å²) in [7, 11) is 2.19. The van der Waals surface area contributed by atoms with Gasteiger partial charge in [0.05, 0.1) is 8.42 Å². The van der Waals surface area contributed by atoms with Gasteiger partial charge in [-0.1, -0.05) is 108 Å². The van der Waals surface area contributed by atoms with E-state index in [0.717, 1.165) is 60.1 Å². The van der Waals surface area contributed by atoms with Crippen LogP contribution in [-0.2, 0) is 7.05 Å². The van der Waals surface area contributed by atoms with Crippen molar-refractivity contribution in [3.05, 3.63) is 119 Å². The van der Waals surface area contributed by atoms with Gasteiger partial charge in [-0.15, -0.1) is 11.3 Å². The Morgan fingerprint density at radius 1 is 0.771 bits per heavy atom. The van der Waals surface area contributed by atoms with Crippen molar-refractivity contribution >= 4 is 54.4 Å². The Morgan fingerprint density at radius 3 is 2.15 bits per heavy atom. The molecule has 4 heteroatoms. The fourth-order valence-electron chi connectivity index (χ4n) is 7.61. The zero-order chi connectivity index (χ0) is 34.3. The number of fused-ring (bicyclic) bond motifs is 6. The lowest BCUT2D eigenvalue weighted by Gasteiger charge is -2.21. The molecule has 0 N–H and O–H groups in total. The SMILES string of the molecule is [2H]c1cc2c(-c3ccccc3)cc3oc4c(-c5n(-c6c(C(C)C)cc(C(C)C)cc6C(C)C)c6ccccc6[n+]5C)c(C)ccc4c3c2s1. The molecule has 0 unspecified atom stereocenters. The maximum absolute atomic E-state index is 8.68. The molecule has 8 aromatic rings. The average molecular weight is 649 g/mol. The average Bonchev–Trinajstić information content (AvgIpc) is 3.74. The minimum Gasteiger partial charge on any atom is -0.455 e. The monoisotopic (exact) mass is 648 g/mol. The van der Waals surface area contributed by atoms with Crippen LogP contribution in [0.2, 0.25) is 0 Å². The second-order valence-electron chi connectivity index (χ2n) is 14.2. The molecule has 0 spiro atoms. The van der Waals surface area contributed by atoms with Gasteiger partial charge in [-0.3, -0.25) is 0 Å². The molecule has 3 aromatic heterocycles. The topological polar surface area (TPSA) is 21.9 Å². The molecular formula is C44H43N2OS+. The van der Waals surface area contributed by atoms with E-state index in [4.69, 9.17) is 5.79 Å². The lowest BCUT2D eigenvalue weighted by atomic mass is 9.87. The Bertz CT molecular complexity index is 2530. The molecule has 3 nitrogen and oxygen atoms in total. The molecule has 0 amide bonds. The maximum Gasteiger partial charge on any atom is 0.299 e. The smallest absolute Gasteiger partial charge is 0.299 e. The first kappa shape index (κ1) is 29.5. The lowest BCUT2D eigenvalue weighted by Crippen LogP contribution is -2.30. The van der Waals surface area contributed by atoms with Gasteiger partial charge >= 0.3 is 0 Å². The highest BCUT2D eigenvalue weighted by Gasteiger charge is 2.34. The van der Waals surface area contributed by atoms with Gasteiger partial charge < -0.3 is 4.42 Å². The number of hydrogen-bond donors (Lipinski definition) is 0. The van der Waals surface area contributed by atoms with Gasteiger partial charge in [-0.25, -0.2) is 4.57 Å². The molecule has 0 aliphatic carbocycles.